The first-order chi connectivity index (χ1) is 41.6. The van der Waals surface area contributed by atoms with Crippen LogP contribution in [0.2, 0.25) is 0 Å². The van der Waals surface area contributed by atoms with E-state index in [0.717, 1.165) is 133 Å². The van der Waals surface area contributed by atoms with Gasteiger partial charge in [0.1, 0.15) is 0 Å². The van der Waals surface area contributed by atoms with Gasteiger partial charge in [0, 0.05) is 67.7 Å². The van der Waals surface area contributed by atoms with Crippen LogP contribution in [-0.2, 0) is 0 Å². The van der Waals surface area contributed by atoms with E-state index >= 15 is 0 Å². The summed E-state index contributed by atoms with van der Waals surface area (Å²) in [4.78, 5) is 31.0. The van der Waals surface area contributed by atoms with Gasteiger partial charge < -0.3 is 0 Å². The number of rotatable bonds is 9. The van der Waals surface area contributed by atoms with Gasteiger partial charge in [-0.15, -0.1) is 0 Å². The SMILES string of the molecule is c1ccc2ncc(-c3ccc(-c4cc(-c5ccc(-c6ccc(-c7cc(-c8ccc(-c9cnc%10ccccc%10c9)cc8)nc(-c8cc9ccccc9c9ccccc89)n7)cc6)cc5)nc(-c5cc6ccccc6c6ccccc56)n4)cc3)cc2c1. The highest BCUT2D eigenvalue weighted by atomic mass is 14.9. The van der Waals surface area contributed by atoms with Crippen molar-refractivity contribution < 1.29 is 0 Å². The highest BCUT2D eigenvalue weighted by Gasteiger charge is 2.18. The predicted octanol–water partition coefficient (Wildman–Crippen LogP) is 20.0. The molecule has 0 aliphatic heterocycles. The zero-order valence-electron chi connectivity index (χ0n) is 45.4. The third kappa shape index (κ3) is 8.87. The molecule has 0 bridgehead atoms. The van der Waals surface area contributed by atoms with Crippen molar-refractivity contribution in [3.63, 3.8) is 0 Å². The summed E-state index contributed by atoms with van der Waals surface area (Å²) in [5, 5.41) is 11.5. The van der Waals surface area contributed by atoms with Crippen molar-refractivity contribution >= 4 is 64.9 Å². The lowest BCUT2D eigenvalue weighted by atomic mass is 9.96. The van der Waals surface area contributed by atoms with Crippen LogP contribution in [0.15, 0.2) is 291 Å². The number of pyridine rings is 2. The van der Waals surface area contributed by atoms with E-state index in [1.165, 1.54) is 21.5 Å². The van der Waals surface area contributed by atoms with Gasteiger partial charge in [0.25, 0.3) is 0 Å². The first-order valence-electron chi connectivity index (χ1n) is 28.3. The van der Waals surface area contributed by atoms with Gasteiger partial charge in [-0.3, -0.25) is 9.97 Å². The molecule has 0 amide bonds. The van der Waals surface area contributed by atoms with Crippen LogP contribution in [0.5, 0.6) is 0 Å². The number of hydrogen-bond acceptors (Lipinski definition) is 6. The number of aromatic nitrogens is 6. The number of nitrogens with zero attached hydrogens (tertiary/aromatic N) is 6. The van der Waals surface area contributed by atoms with E-state index < -0.39 is 0 Å². The predicted molar refractivity (Wildman–Crippen MR) is 347 cm³/mol. The van der Waals surface area contributed by atoms with Crippen molar-refractivity contribution in [3.05, 3.63) is 291 Å². The normalized spacial score (nSPS) is 11.6. The molecule has 0 atom stereocenters. The lowest BCUT2D eigenvalue weighted by Gasteiger charge is -2.14. The molecule has 0 aliphatic rings. The third-order valence-corrected chi connectivity index (χ3v) is 16.4. The molecule has 0 aliphatic carbocycles. The second-order valence-corrected chi connectivity index (χ2v) is 21.4. The van der Waals surface area contributed by atoms with E-state index in [0.29, 0.717) is 11.6 Å². The summed E-state index contributed by atoms with van der Waals surface area (Å²) in [6.07, 6.45) is 3.90. The lowest BCUT2D eigenvalue weighted by molar-refractivity contribution is 1.19. The minimum Gasteiger partial charge on any atom is -0.256 e. The first kappa shape index (κ1) is 48.6. The van der Waals surface area contributed by atoms with Crippen molar-refractivity contribution in [3.8, 4) is 101 Å². The second-order valence-electron chi connectivity index (χ2n) is 21.4. The molecule has 0 unspecified atom stereocenters. The summed E-state index contributed by atoms with van der Waals surface area (Å²) < 4.78 is 0. The Balaban J connectivity index is 0.758. The van der Waals surface area contributed by atoms with Gasteiger partial charge in [-0.05, 0) is 114 Å². The van der Waals surface area contributed by atoms with Crippen LogP contribution in [-0.4, -0.2) is 29.9 Å². The second kappa shape index (κ2) is 20.3. The number of fused-ring (bicyclic) bond motifs is 8. The molecule has 0 fully saturated rings. The van der Waals surface area contributed by atoms with E-state index in [2.05, 4.69) is 255 Å². The topological polar surface area (TPSA) is 77.3 Å². The molecule has 4 aromatic heterocycles. The van der Waals surface area contributed by atoms with E-state index in [4.69, 9.17) is 29.9 Å². The lowest BCUT2D eigenvalue weighted by Crippen LogP contribution is -1.97. The van der Waals surface area contributed by atoms with E-state index in [-0.39, 0.29) is 0 Å². The summed E-state index contributed by atoms with van der Waals surface area (Å²) in [5.74, 6) is 1.35. The van der Waals surface area contributed by atoms with Gasteiger partial charge in [0.15, 0.2) is 11.6 Å². The quantitative estimate of drug-likeness (QED) is 0.134. The maximum atomic E-state index is 5.38. The highest BCUT2D eigenvalue weighted by molar-refractivity contribution is 6.14. The van der Waals surface area contributed by atoms with Crippen molar-refractivity contribution in [2.45, 2.75) is 0 Å². The molecule has 0 saturated heterocycles. The zero-order chi connectivity index (χ0) is 55.5. The standard InChI is InChI=1S/C78H48N6/c1-5-17-63-57(13-1)43-69(67-21-9-7-19-65(63)67)77-81-73(45-75(83-77)55-37-29-51(30-38-55)61-41-59-15-3-11-23-71(59)79-47-61)53-33-25-49(26-34-53)50-27-35-54(36-28-50)74-46-76(56-39-31-52(32-40-56)62-42-60-16-4-12-24-72(60)80-48-62)84-78(82-74)70-44-58-14-2-6-18-64(58)66-20-8-10-22-68(66)70/h1-48H. The van der Waals surface area contributed by atoms with Gasteiger partial charge in [-0.1, -0.05) is 231 Å². The number of para-hydroxylation sites is 2. The van der Waals surface area contributed by atoms with E-state index in [1.807, 2.05) is 36.7 Å². The molecule has 84 heavy (non-hydrogen) atoms. The van der Waals surface area contributed by atoms with Gasteiger partial charge in [-0.2, -0.15) is 0 Å². The zero-order valence-corrected chi connectivity index (χ0v) is 45.4. The van der Waals surface area contributed by atoms with Crippen molar-refractivity contribution in [2.24, 2.45) is 0 Å². The Kier molecular flexibility index (Phi) is 11.8. The molecule has 6 nitrogen and oxygen atoms in total. The molecule has 6 heteroatoms. The molecule has 16 rings (SSSR count). The van der Waals surface area contributed by atoms with Crippen LogP contribution in [0, 0.1) is 0 Å². The molecule has 4 heterocycles. The number of benzene rings is 12. The molecular weight excluding hydrogens is 1020 g/mol. The van der Waals surface area contributed by atoms with Crippen LogP contribution >= 0.6 is 0 Å². The van der Waals surface area contributed by atoms with Crippen molar-refractivity contribution in [1.82, 2.24) is 29.9 Å². The molecule has 0 spiro atoms. The summed E-state index contributed by atoms with van der Waals surface area (Å²) in [5.41, 5.74) is 17.8. The van der Waals surface area contributed by atoms with Gasteiger partial charge in [0.2, 0.25) is 0 Å². The van der Waals surface area contributed by atoms with Crippen LogP contribution in [0.1, 0.15) is 0 Å². The maximum absolute atomic E-state index is 5.38. The Morgan fingerprint density at radius 3 is 0.821 bits per heavy atom. The summed E-state index contributed by atoms with van der Waals surface area (Å²) in [7, 11) is 0. The monoisotopic (exact) mass is 1070 g/mol. The molecule has 0 N–H and O–H groups in total. The fourth-order valence-electron chi connectivity index (χ4n) is 12.0. The summed E-state index contributed by atoms with van der Waals surface area (Å²) in [6.45, 7) is 0. The molecule has 12 aromatic carbocycles. The average Bonchev–Trinajstić information content (AvgIpc) is 3.44. The fraction of sp³-hybridized carbons (Fsp3) is 0. The van der Waals surface area contributed by atoms with Gasteiger partial charge >= 0.3 is 0 Å². The highest BCUT2D eigenvalue weighted by Crippen LogP contribution is 2.40. The maximum Gasteiger partial charge on any atom is 0.161 e. The van der Waals surface area contributed by atoms with E-state index in [1.54, 1.807) is 0 Å². The average molecular weight is 1070 g/mol. The first-order valence-corrected chi connectivity index (χ1v) is 28.3. The van der Waals surface area contributed by atoms with Crippen LogP contribution < -0.4 is 0 Å². The smallest absolute Gasteiger partial charge is 0.161 e. The van der Waals surface area contributed by atoms with Gasteiger partial charge in [0.05, 0.1) is 33.8 Å². The molecule has 390 valence electrons. The third-order valence-electron chi connectivity index (χ3n) is 16.4. The van der Waals surface area contributed by atoms with E-state index in [9.17, 15) is 0 Å². The fourth-order valence-corrected chi connectivity index (χ4v) is 12.0. The van der Waals surface area contributed by atoms with Gasteiger partial charge in [-0.25, -0.2) is 19.9 Å². The summed E-state index contributed by atoms with van der Waals surface area (Å²) >= 11 is 0. The van der Waals surface area contributed by atoms with Crippen LogP contribution in [0.3, 0.4) is 0 Å². The summed E-state index contributed by atoms with van der Waals surface area (Å²) in [6, 6.07) is 98.5. The van der Waals surface area contributed by atoms with Crippen LogP contribution in [0.4, 0.5) is 0 Å². The molecular formula is C78H48N6. The minimum absolute atomic E-state index is 0.673. The Hall–Kier alpha value is -11.3. The largest absolute Gasteiger partial charge is 0.256 e. The Morgan fingerprint density at radius 2 is 0.464 bits per heavy atom. The molecule has 0 saturated carbocycles. The van der Waals surface area contributed by atoms with Crippen LogP contribution in [0.25, 0.3) is 166 Å². The minimum atomic E-state index is 0.673. The Bertz CT molecular complexity index is 4900. The molecule has 16 aromatic rings. The Morgan fingerprint density at radius 1 is 0.190 bits per heavy atom. The molecule has 0 radical (unpaired) electrons. The Labute approximate surface area is 484 Å². The number of hydrogen-bond donors (Lipinski definition) is 0. The van der Waals surface area contributed by atoms with Crippen molar-refractivity contribution in [2.75, 3.05) is 0 Å². The van der Waals surface area contributed by atoms with Crippen molar-refractivity contribution in [1.29, 1.82) is 0 Å².